The van der Waals surface area contributed by atoms with E-state index in [1.165, 1.54) is 23.5 Å². The number of hydrogen-bond donors (Lipinski definition) is 1. The average Bonchev–Trinajstić information content (AvgIpc) is 2.82. The number of anilines is 1. The van der Waals surface area contributed by atoms with Gasteiger partial charge in [0.25, 0.3) is 0 Å². The molecule has 1 heterocycles. The van der Waals surface area contributed by atoms with Gasteiger partial charge in [0.2, 0.25) is 0 Å². The molecule has 0 radical (unpaired) electrons. The maximum Gasteiger partial charge on any atom is 0.334 e. The molecule has 1 aromatic carbocycles. The summed E-state index contributed by atoms with van der Waals surface area (Å²) in [5.41, 5.74) is 1.56. The van der Waals surface area contributed by atoms with E-state index in [0.29, 0.717) is 12.3 Å². The fraction of sp³-hybridized carbons (Fsp3) is 0.267. The van der Waals surface area contributed by atoms with Crippen LogP contribution in [0, 0.1) is 12.7 Å². The predicted molar refractivity (Wildman–Crippen MR) is 78.5 cm³/mol. The number of carbonyl (C=O) groups excluding carboxylic acids is 1. The zero-order chi connectivity index (χ0) is 14.5. The summed E-state index contributed by atoms with van der Waals surface area (Å²) in [7, 11) is 0. The molecule has 0 bridgehead atoms. The number of hydrogen-bond acceptors (Lipinski definition) is 4. The van der Waals surface area contributed by atoms with Crippen molar-refractivity contribution in [3.8, 4) is 0 Å². The number of carbonyl (C=O) groups is 1. The van der Waals surface area contributed by atoms with Crippen LogP contribution >= 0.6 is 11.3 Å². The molecular weight excluding hydrogens is 277 g/mol. The Morgan fingerprint density at radius 1 is 1.45 bits per heavy atom. The molecule has 0 fully saturated rings. The third-order valence-electron chi connectivity index (χ3n) is 2.82. The van der Waals surface area contributed by atoms with Gasteiger partial charge in [-0.1, -0.05) is 6.07 Å². The van der Waals surface area contributed by atoms with Crippen LogP contribution in [0.4, 0.5) is 10.1 Å². The average molecular weight is 293 g/mol. The van der Waals surface area contributed by atoms with E-state index in [1.54, 1.807) is 19.1 Å². The van der Waals surface area contributed by atoms with Gasteiger partial charge in [-0.15, -0.1) is 11.3 Å². The van der Waals surface area contributed by atoms with Crippen LogP contribution in [0.5, 0.6) is 0 Å². The van der Waals surface area contributed by atoms with E-state index >= 15 is 0 Å². The summed E-state index contributed by atoms with van der Waals surface area (Å²) < 4.78 is 18.3. The lowest BCUT2D eigenvalue weighted by Crippen LogP contribution is -2.23. The maximum atomic E-state index is 13.2. The van der Waals surface area contributed by atoms with E-state index in [0.717, 1.165) is 10.4 Å². The fourth-order valence-electron chi connectivity index (χ4n) is 1.88. The number of nitrogens with one attached hydrogen (secondary N) is 1. The molecule has 0 saturated carbocycles. The van der Waals surface area contributed by atoms with Gasteiger partial charge in [0, 0.05) is 10.6 Å². The molecule has 1 aromatic heterocycles. The highest BCUT2D eigenvalue weighted by Gasteiger charge is 2.24. The van der Waals surface area contributed by atoms with Crippen molar-refractivity contribution in [3.05, 3.63) is 52.0 Å². The smallest absolute Gasteiger partial charge is 0.334 e. The molecule has 1 N–H and O–H groups in total. The van der Waals surface area contributed by atoms with Gasteiger partial charge >= 0.3 is 5.97 Å². The minimum Gasteiger partial charge on any atom is -0.464 e. The molecule has 2 rings (SSSR count). The topological polar surface area (TPSA) is 38.3 Å². The monoisotopic (exact) mass is 293 g/mol. The summed E-state index contributed by atoms with van der Waals surface area (Å²) in [6.45, 7) is 4.01. The summed E-state index contributed by atoms with van der Waals surface area (Å²) in [5, 5.41) is 4.96. The molecule has 106 valence electrons. The molecule has 2 aromatic rings. The second-order valence-electron chi connectivity index (χ2n) is 4.31. The second-order valence-corrected chi connectivity index (χ2v) is 5.26. The van der Waals surface area contributed by atoms with E-state index in [-0.39, 0.29) is 11.8 Å². The van der Waals surface area contributed by atoms with Crippen LogP contribution in [0.2, 0.25) is 0 Å². The Morgan fingerprint density at radius 2 is 2.25 bits per heavy atom. The van der Waals surface area contributed by atoms with Crippen molar-refractivity contribution in [1.82, 2.24) is 0 Å². The van der Waals surface area contributed by atoms with Gasteiger partial charge in [-0.05, 0) is 49.1 Å². The fourth-order valence-corrected chi connectivity index (χ4v) is 2.85. The van der Waals surface area contributed by atoms with Crippen molar-refractivity contribution in [3.63, 3.8) is 0 Å². The Bertz CT molecular complexity index is 597. The summed E-state index contributed by atoms with van der Waals surface area (Å²) in [6.07, 6.45) is 0. The van der Waals surface area contributed by atoms with Crippen LogP contribution in [0.15, 0.2) is 35.7 Å². The largest absolute Gasteiger partial charge is 0.464 e. The Hall–Kier alpha value is -1.88. The number of thiophene rings is 1. The van der Waals surface area contributed by atoms with Gasteiger partial charge in [0.15, 0.2) is 6.04 Å². The van der Waals surface area contributed by atoms with E-state index < -0.39 is 6.04 Å². The Balaban J connectivity index is 2.28. The van der Waals surface area contributed by atoms with Gasteiger partial charge < -0.3 is 10.1 Å². The van der Waals surface area contributed by atoms with Gasteiger partial charge in [-0.3, -0.25) is 0 Å². The van der Waals surface area contributed by atoms with Crippen LogP contribution in [0.25, 0.3) is 0 Å². The number of aryl methyl sites for hydroxylation is 1. The third-order valence-corrected chi connectivity index (χ3v) is 3.91. The lowest BCUT2D eigenvalue weighted by Gasteiger charge is -2.18. The first kappa shape index (κ1) is 14.5. The molecule has 1 atom stereocenters. The van der Waals surface area contributed by atoms with Gasteiger partial charge in [0.05, 0.1) is 6.61 Å². The first-order chi connectivity index (χ1) is 9.61. The standard InChI is InChI=1S/C15H16FNO2S/c1-3-19-15(18)13(14-10(2)7-8-20-14)17-12-6-4-5-11(16)9-12/h4-9,13,17H,3H2,1-2H3. The van der Waals surface area contributed by atoms with Gasteiger partial charge in [-0.2, -0.15) is 0 Å². The van der Waals surface area contributed by atoms with Crippen LogP contribution in [0.3, 0.4) is 0 Å². The van der Waals surface area contributed by atoms with Crippen molar-refractivity contribution in [1.29, 1.82) is 0 Å². The molecule has 0 aliphatic heterocycles. The minimum atomic E-state index is -0.614. The highest BCUT2D eigenvalue weighted by molar-refractivity contribution is 7.10. The summed E-state index contributed by atoms with van der Waals surface area (Å²) in [4.78, 5) is 13.0. The highest BCUT2D eigenvalue weighted by Crippen LogP contribution is 2.28. The summed E-state index contributed by atoms with van der Waals surface area (Å²) >= 11 is 1.48. The third kappa shape index (κ3) is 3.36. The zero-order valence-corrected chi connectivity index (χ0v) is 12.2. The highest BCUT2D eigenvalue weighted by atomic mass is 32.1. The lowest BCUT2D eigenvalue weighted by molar-refractivity contribution is -0.144. The van der Waals surface area contributed by atoms with Crippen LogP contribution < -0.4 is 5.32 Å². The predicted octanol–water partition coefficient (Wildman–Crippen LogP) is 3.91. The van der Waals surface area contributed by atoms with E-state index in [9.17, 15) is 9.18 Å². The normalized spacial score (nSPS) is 11.9. The molecule has 0 aliphatic rings. The number of ether oxygens (including phenoxy) is 1. The molecular formula is C15H16FNO2S. The molecule has 3 nitrogen and oxygen atoms in total. The molecule has 0 aliphatic carbocycles. The van der Waals surface area contributed by atoms with Crippen molar-refractivity contribution in [2.45, 2.75) is 19.9 Å². The number of esters is 1. The molecule has 0 spiro atoms. The van der Waals surface area contributed by atoms with Crippen LogP contribution in [-0.2, 0) is 9.53 Å². The molecule has 20 heavy (non-hydrogen) atoms. The van der Waals surface area contributed by atoms with Gasteiger partial charge in [0.1, 0.15) is 5.82 Å². The van der Waals surface area contributed by atoms with E-state index in [4.69, 9.17) is 4.74 Å². The first-order valence-corrected chi connectivity index (χ1v) is 7.22. The molecule has 0 amide bonds. The van der Waals surface area contributed by atoms with Crippen molar-refractivity contribution >= 4 is 23.0 Å². The number of rotatable bonds is 5. The van der Waals surface area contributed by atoms with Gasteiger partial charge in [-0.25, -0.2) is 9.18 Å². The summed E-state index contributed by atoms with van der Waals surface area (Å²) in [6, 6.07) is 7.37. The van der Waals surface area contributed by atoms with Crippen molar-refractivity contribution in [2.75, 3.05) is 11.9 Å². The number of benzene rings is 1. The van der Waals surface area contributed by atoms with E-state index in [1.807, 2.05) is 18.4 Å². The summed E-state index contributed by atoms with van der Waals surface area (Å²) in [5.74, 6) is -0.706. The SMILES string of the molecule is CCOC(=O)C(Nc1cccc(F)c1)c1sccc1C. The van der Waals surface area contributed by atoms with Crippen molar-refractivity contribution < 1.29 is 13.9 Å². The lowest BCUT2D eigenvalue weighted by atomic mass is 10.1. The first-order valence-electron chi connectivity index (χ1n) is 6.34. The number of halogens is 1. The molecule has 1 unspecified atom stereocenters. The van der Waals surface area contributed by atoms with Crippen molar-refractivity contribution in [2.24, 2.45) is 0 Å². The molecule has 5 heteroatoms. The van der Waals surface area contributed by atoms with Crippen LogP contribution in [0.1, 0.15) is 23.4 Å². The quantitative estimate of drug-likeness (QED) is 0.849. The Kier molecular flexibility index (Phi) is 4.74. The Morgan fingerprint density at radius 3 is 2.85 bits per heavy atom. The van der Waals surface area contributed by atoms with Crippen LogP contribution in [-0.4, -0.2) is 12.6 Å². The Labute approximate surface area is 121 Å². The second kappa shape index (κ2) is 6.52. The maximum absolute atomic E-state index is 13.2. The minimum absolute atomic E-state index is 0.310. The van der Waals surface area contributed by atoms with E-state index in [2.05, 4.69) is 5.32 Å². The zero-order valence-electron chi connectivity index (χ0n) is 11.4. The molecule has 0 saturated heterocycles.